The molecule has 0 aliphatic rings. The van der Waals surface area contributed by atoms with Gasteiger partial charge in [-0.2, -0.15) is 18.3 Å². The van der Waals surface area contributed by atoms with Crippen molar-refractivity contribution in [1.82, 2.24) is 10.7 Å². The highest BCUT2D eigenvalue weighted by atomic mass is 35.5. The molecule has 0 saturated heterocycles. The van der Waals surface area contributed by atoms with Crippen LogP contribution in [0.15, 0.2) is 65.8 Å². The second kappa shape index (κ2) is 17.2. The van der Waals surface area contributed by atoms with E-state index in [2.05, 4.69) is 33.4 Å². The number of unbranched alkanes of at least 4 members (excludes halogenated alkanes) is 3. The largest absolute Gasteiger partial charge is 0.417 e. The molecule has 3 amide bonds. The van der Waals surface area contributed by atoms with Gasteiger partial charge in [0, 0.05) is 36.5 Å². The second-order valence-electron chi connectivity index (χ2n) is 10.1. The molecule has 45 heavy (non-hydrogen) atoms. The first-order chi connectivity index (χ1) is 21.5. The van der Waals surface area contributed by atoms with Crippen LogP contribution in [-0.2, 0) is 6.18 Å². The minimum absolute atomic E-state index is 0.0454. The number of hydrazone groups is 1. The van der Waals surface area contributed by atoms with E-state index in [4.69, 9.17) is 16.7 Å². The first kappa shape index (κ1) is 35.1. The minimum Gasteiger partial charge on any atom is -0.396 e. The lowest BCUT2D eigenvalue weighted by Gasteiger charge is -2.14. The van der Waals surface area contributed by atoms with Crippen LogP contribution in [-0.4, -0.2) is 48.7 Å². The number of nitrogens with zero attached hydrogens (tertiary/aromatic N) is 1. The predicted octanol–water partition coefficient (Wildman–Crippen LogP) is 6.48. The van der Waals surface area contributed by atoms with Crippen molar-refractivity contribution in [2.24, 2.45) is 5.10 Å². The number of aliphatic hydroxyl groups is 1. The van der Waals surface area contributed by atoms with Crippen molar-refractivity contribution in [2.75, 3.05) is 30.3 Å². The minimum atomic E-state index is -4.66. The Morgan fingerprint density at radius 1 is 0.889 bits per heavy atom. The van der Waals surface area contributed by atoms with Gasteiger partial charge in [0.2, 0.25) is 0 Å². The summed E-state index contributed by atoms with van der Waals surface area (Å²) in [7, 11) is 0. The summed E-state index contributed by atoms with van der Waals surface area (Å²) in [5.74, 6) is -1.72. The van der Waals surface area contributed by atoms with Crippen LogP contribution in [0.2, 0.25) is 5.02 Å². The Morgan fingerprint density at radius 2 is 1.64 bits per heavy atom. The molecule has 13 heteroatoms. The number of halogens is 4. The van der Waals surface area contributed by atoms with E-state index in [0.717, 1.165) is 44.0 Å². The number of hydrogen-bond donors (Lipinski definition) is 5. The molecule has 0 aliphatic carbocycles. The van der Waals surface area contributed by atoms with Gasteiger partial charge in [-0.15, -0.1) is 0 Å². The topological polar surface area (TPSA) is 132 Å². The lowest BCUT2D eigenvalue weighted by atomic mass is 10.1. The number of amides is 3. The number of rotatable bonds is 15. The fourth-order valence-corrected chi connectivity index (χ4v) is 4.41. The smallest absolute Gasteiger partial charge is 0.396 e. The fraction of sp³-hybridized carbons (Fsp3) is 0.312. The molecular weight excluding hydrogens is 611 g/mol. The van der Waals surface area contributed by atoms with Crippen LogP contribution in [0.3, 0.4) is 0 Å². The van der Waals surface area contributed by atoms with Crippen molar-refractivity contribution in [3.63, 3.8) is 0 Å². The maximum Gasteiger partial charge on any atom is 0.417 e. The zero-order valence-corrected chi connectivity index (χ0v) is 25.4. The van der Waals surface area contributed by atoms with E-state index in [-0.39, 0.29) is 41.1 Å². The molecule has 9 nitrogen and oxygen atoms in total. The Balaban J connectivity index is 1.81. The van der Waals surface area contributed by atoms with Gasteiger partial charge in [-0.1, -0.05) is 49.9 Å². The molecular formula is C32H35ClF3N5O4. The van der Waals surface area contributed by atoms with E-state index < -0.39 is 34.5 Å². The number of benzene rings is 3. The van der Waals surface area contributed by atoms with Crippen LogP contribution in [0.25, 0.3) is 0 Å². The molecule has 0 aromatic heterocycles. The van der Waals surface area contributed by atoms with Gasteiger partial charge >= 0.3 is 6.18 Å². The fourth-order valence-electron chi connectivity index (χ4n) is 4.18. The zero-order valence-electron chi connectivity index (χ0n) is 24.6. The summed E-state index contributed by atoms with van der Waals surface area (Å²) < 4.78 is 39.6. The molecule has 3 aromatic carbocycles. The van der Waals surface area contributed by atoms with Gasteiger partial charge < -0.3 is 21.1 Å². The van der Waals surface area contributed by atoms with E-state index in [0.29, 0.717) is 18.7 Å². The highest BCUT2D eigenvalue weighted by Crippen LogP contribution is 2.34. The Bertz CT molecular complexity index is 1510. The Morgan fingerprint density at radius 3 is 2.36 bits per heavy atom. The number of hydrogen-bond acceptors (Lipinski definition) is 6. The van der Waals surface area contributed by atoms with Crippen LogP contribution in [0.5, 0.6) is 0 Å². The Hall–Kier alpha value is -4.42. The summed E-state index contributed by atoms with van der Waals surface area (Å²) in [5, 5.41) is 20.9. The third kappa shape index (κ3) is 10.9. The third-order valence-electron chi connectivity index (χ3n) is 6.55. The zero-order chi connectivity index (χ0) is 32.8. The van der Waals surface area contributed by atoms with Crippen LogP contribution in [0.1, 0.15) is 81.2 Å². The third-order valence-corrected chi connectivity index (χ3v) is 6.88. The van der Waals surface area contributed by atoms with Crippen LogP contribution >= 0.6 is 11.6 Å². The van der Waals surface area contributed by atoms with E-state index in [9.17, 15) is 27.6 Å². The molecule has 5 N–H and O–H groups in total. The Kier molecular flexibility index (Phi) is 13.4. The normalized spacial score (nSPS) is 11.3. The summed E-state index contributed by atoms with van der Waals surface area (Å²) in [6.45, 7) is 2.97. The second-order valence-corrected chi connectivity index (χ2v) is 10.5. The van der Waals surface area contributed by atoms with Crippen LogP contribution in [0, 0.1) is 0 Å². The molecule has 0 heterocycles. The van der Waals surface area contributed by atoms with E-state index in [1.165, 1.54) is 24.3 Å². The molecule has 0 saturated carbocycles. The van der Waals surface area contributed by atoms with E-state index >= 15 is 0 Å². The average molecular weight is 646 g/mol. The molecule has 0 atom stereocenters. The van der Waals surface area contributed by atoms with Gasteiger partial charge in [0.05, 0.1) is 28.1 Å². The molecule has 0 spiro atoms. The van der Waals surface area contributed by atoms with Crippen molar-refractivity contribution in [1.29, 1.82) is 0 Å². The van der Waals surface area contributed by atoms with Crippen molar-refractivity contribution in [2.45, 2.75) is 45.2 Å². The van der Waals surface area contributed by atoms with Crippen molar-refractivity contribution in [3.05, 3.63) is 93.5 Å². The van der Waals surface area contributed by atoms with Gasteiger partial charge in [-0.3, -0.25) is 14.4 Å². The van der Waals surface area contributed by atoms with E-state index in [1.807, 2.05) is 0 Å². The number of carbonyl (C=O) groups is 3. The summed E-state index contributed by atoms with van der Waals surface area (Å²) in [4.78, 5) is 38.8. The molecule has 3 aromatic rings. The summed E-state index contributed by atoms with van der Waals surface area (Å²) in [6, 6.07) is 14.0. The van der Waals surface area contributed by atoms with Gasteiger partial charge in [0.1, 0.15) is 0 Å². The molecule has 0 fully saturated rings. The lowest BCUT2D eigenvalue weighted by Crippen LogP contribution is -2.25. The van der Waals surface area contributed by atoms with Gasteiger partial charge in [-0.25, -0.2) is 5.43 Å². The van der Waals surface area contributed by atoms with Gasteiger partial charge in [-0.05, 0) is 66.9 Å². The number of carbonyl (C=O) groups excluding carboxylic acids is 3. The van der Waals surface area contributed by atoms with Crippen molar-refractivity contribution >= 4 is 46.9 Å². The van der Waals surface area contributed by atoms with E-state index in [1.54, 1.807) is 24.3 Å². The summed E-state index contributed by atoms with van der Waals surface area (Å²) in [5.41, 5.74) is 2.54. The lowest BCUT2D eigenvalue weighted by molar-refractivity contribution is -0.137. The number of nitrogens with one attached hydrogen (secondary N) is 4. The molecule has 0 unspecified atom stereocenters. The average Bonchev–Trinajstić information content (AvgIpc) is 3.01. The summed E-state index contributed by atoms with van der Waals surface area (Å²) >= 11 is 5.67. The standard InChI is InChI=1S/C32H35ClF3N5O4/c1-2-3-4-5-14-37-24-11-13-28(40-30(44)23-9-6-8-22(18-23)29(43)38-15-7-16-42)25(19-24)31(45)41-39-20-21-10-12-27(33)26(17-21)32(34,35)36/h6,8-13,17-20,37,42H,2-5,7,14-16H2,1H3,(H,38,43)(H,40,44)(H,41,45)/b39-20+. The number of alkyl halides is 3. The number of aliphatic hydroxyl groups excluding tert-OH is 1. The van der Waals surface area contributed by atoms with Crippen molar-refractivity contribution in [3.8, 4) is 0 Å². The van der Waals surface area contributed by atoms with Gasteiger partial charge in [0.25, 0.3) is 17.7 Å². The van der Waals surface area contributed by atoms with Crippen LogP contribution < -0.4 is 21.4 Å². The first-order valence-electron chi connectivity index (χ1n) is 14.4. The molecule has 3 rings (SSSR count). The van der Waals surface area contributed by atoms with Crippen LogP contribution in [0.4, 0.5) is 24.5 Å². The quantitative estimate of drug-likeness (QED) is 0.0733. The highest BCUT2D eigenvalue weighted by Gasteiger charge is 2.33. The first-order valence-corrected chi connectivity index (χ1v) is 14.8. The van der Waals surface area contributed by atoms with Gasteiger partial charge in [0.15, 0.2) is 0 Å². The summed E-state index contributed by atoms with van der Waals surface area (Å²) in [6.07, 6.45) is 0.922. The monoisotopic (exact) mass is 645 g/mol. The SMILES string of the molecule is CCCCCCNc1ccc(NC(=O)c2cccc(C(=O)NCCCO)c2)c(C(=O)N/N=C/c2ccc(Cl)c(C(F)(F)F)c2)c1. The molecule has 0 bridgehead atoms. The highest BCUT2D eigenvalue weighted by molar-refractivity contribution is 6.31. The van der Waals surface area contributed by atoms with Crippen molar-refractivity contribution < 1.29 is 32.7 Å². The molecule has 0 aliphatic heterocycles. The number of anilines is 2. The predicted molar refractivity (Wildman–Crippen MR) is 169 cm³/mol. The molecule has 240 valence electrons. The maximum atomic E-state index is 13.2. The molecule has 0 radical (unpaired) electrons. The maximum absolute atomic E-state index is 13.2. The Labute approximate surface area is 264 Å².